The zero-order valence-electron chi connectivity index (χ0n) is 15.5. The van der Waals surface area contributed by atoms with E-state index in [-0.39, 0.29) is 36.0 Å². The van der Waals surface area contributed by atoms with Gasteiger partial charge in [0.25, 0.3) is 0 Å². The van der Waals surface area contributed by atoms with Gasteiger partial charge in [-0.1, -0.05) is 48.0 Å². The van der Waals surface area contributed by atoms with Gasteiger partial charge in [0.2, 0.25) is 5.91 Å². The number of hydrogen-bond donors (Lipinski definition) is 0. The number of sulfone groups is 1. The molecule has 4 rings (SSSR count). The van der Waals surface area contributed by atoms with Crippen LogP contribution in [0.2, 0.25) is 5.02 Å². The number of piperazine rings is 1. The highest BCUT2D eigenvalue weighted by molar-refractivity contribution is 7.91. The van der Waals surface area contributed by atoms with Crippen molar-refractivity contribution in [3.05, 3.63) is 65.2 Å². The molecule has 0 saturated carbocycles. The van der Waals surface area contributed by atoms with Crippen molar-refractivity contribution in [3.63, 3.8) is 0 Å². The average Bonchev–Trinajstić information content (AvgIpc) is 2.97. The molecule has 7 heteroatoms. The number of carbonyl (C=O) groups excluding carboxylic acids is 1. The highest BCUT2D eigenvalue weighted by atomic mass is 35.5. The molecule has 1 amide bonds. The van der Waals surface area contributed by atoms with Crippen LogP contribution in [0.1, 0.15) is 12.0 Å². The zero-order chi connectivity index (χ0) is 19.7. The number of amides is 1. The Bertz CT molecular complexity index is 965. The summed E-state index contributed by atoms with van der Waals surface area (Å²) in [7, 11) is -3.18. The van der Waals surface area contributed by atoms with Crippen LogP contribution >= 0.6 is 11.6 Å². The molecule has 2 saturated heterocycles. The highest BCUT2D eigenvalue weighted by Crippen LogP contribution is 2.32. The van der Waals surface area contributed by atoms with E-state index in [2.05, 4.69) is 17.0 Å². The molecule has 0 bridgehead atoms. The molecule has 0 radical (unpaired) electrons. The van der Waals surface area contributed by atoms with E-state index in [0.717, 1.165) is 12.8 Å². The lowest BCUT2D eigenvalue weighted by molar-refractivity contribution is -0.123. The van der Waals surface area contributed by atoms with E-state index >= 15 is 0 Å². The van der Waals surface area contributed by atoms with Gasteiger partial charge >= 0.3 is 0 Å². The Morgan fingerprint density at radius 3 is 2.50 bits per heavy atom. The standard InChI is InChI=1S/C21H23ClN2O3S/c22-17-9-4-10-18(12-17)24-20-15-28(26,27)14-19(20)23(13-21(24)25)11-5-8-16-6-2-1-3-7-16/h1-4,6-7,9-10,12,19-20H,5,8,11,13-15H2/t19-,20+/m0/s1. The summed E-state index contributed by atoms with van der Waals surface area (Å²) in [6, 6.07) is 16.8. The molecule has 2 aliphatic rings. The van der Waals surface area contributed by atoms with Crippen LogP contribution in [0.15, 0.2) is 54.6 Å². The van der Waals surface area contributed by atoms with E-state index < -0.39 is 9.84 Å². The highest BCUT2D eigenvalue weighted by Gasteiger charge is 2.49. The van der Waals surface area contributed by atoms with Gasteiger partial charge in [-0.25, -0.2) is 8.42 Å². The van der Waals surface area contributed by atoms with Crippen LogP contribution < -0.4 is 4.90 Å². The number of rotatable bonds is 5. The second kappa shape index (κ2) is 7.85. The molecule has 2 fully saturated rings. The first kappa shape index (κ1) is 19.4. The van der Waals surface area contributed by atoms with Crippen LogP contribution in [-0.4, -0.2) is 55.9 Å². The van der Waals surface area contributed by atoms with Crippen LogP contribution in [0.3, 0.4) is 0 Å². The molecule has 0 aliphatic carbocycles. The van der Waals surface area contributed by atoms with Gasteiger partial charge in [0.15, 0.2) is 9.84 Å². The molecule has 2 aromatic rings. The Morgan fingerprint density at radius 1 is 1.00 bits per heavy atom. The summed E-state index contributed by atoms with van der Waals surface area (Å²) in [5, 5.41) is 0.535. The number of aryl methyl sites for hydroxylation is 1. The first-order valence-corrected chi connectivity index (χ1v) is 11.7. The number of hydrogen-bond acceptors (Lipinski definition) is 4. The van der Waals surface area contributed by atoms with Crippen molar-refractivity contribution in [2.75, 3.05) is 29.5 Å². The Morgan fingerprint density at radius 2 is 1.75 bits per heavy atom. The summed E-state index contributed by atoms with van der Waals surface area (Å²) in [6.45, 7) is 0.943. The molecule has 0 N–H and O–H groups in total. The average molecular weight is 419 g/mol. The third kappa shape index (κ3) is 4.09. The van der Waals surface area contributed by atoms with Crippen molar-refractivity contribution < 1.29 is 13.2 Å². The summed E-state index contributed by atoms with van der Waals surface area (Å²) in [6.07, 6.45) is 1.80. The minimum atomic E-state index is -3.18. The van der Waals surface area contributed by atoms with Crippen LogP contribution in [0, 0.1) is 0 Å². The molecular weight excluding hydrogens is 396 g/mol. The van der Waals surface area contributed by atoms with Gasteiger partial charge < -0.3 is 4.90 Å². The molecule has 0 spiro atoms. The second-order valence-electron chi connectivity index (χ2n) is 7.51. The Kier molecular flexibility index (Phi) is 5.45. The van der Waals surface area contributed by atoms with Gasteiger partial charge in [-0.3, -0.25) is 9.69 Å². The SMILES string of the molecule is O=C1CN(CCCc2ccccc2)[C@H]2CS(=O)(=O)C[C@H]2N1c1cccc(Cl)c1. The van der Waals surface area contributed by atoms with Gasteiger partial charge in [-0.05, 0) is 43.1 Å². The van der Waals surface area contributed by atoms with Crippen molar-refractivity contribution in [2.45, 2.75) is 24.9 Å². The molecule has 2 aliphatic heterocycles. The van der Waals surface area contributed by atoms with Crippen molar-refractivity contribution in [2.24, 2.45) is 0 Å². The number of nitrogens with zero attached hydrogens (tertiary/aromatic N) is 2. The van der Waals surface area contributed by atoms with Crippen molar-refractivity contribution >= 4 is 33.0 Å². The summed E-state index contributed by atoms with van der Waals surface area (Å²) < 4.78 is 24.8. The van der Waals surface area contributed by atoms with E-state index in [9.17, 15) is 13.2 Å². The van der Waals surface area contributed by atoms with Crippen molar-refractivity contribution in [1.29, 1.82) is 0 Å². The number of halogens is 1. The van der Waals surface area contributed by atoms with Gasteiger partial charge in [0.1, 0.15) is 0 Å². The fourth-order valence-corrected chi connectivity index (χ4v) is 6.46. The Balaban J connectivity index is 1.53. The Labute approximate surface area is 170 Å². The minimum Gasteiger partial charge on any atom is -0.306 e. The lowest BCUT2D eigenvalue weighted by atomic mass is 10.0. The van der Waals surface area contributed by atoms with Gasteiger partial charge in [-0.2, -0.15) is 0 Å². The molecule has 2 aromatic carbocycles. The van der Waals surface area contributed by atoms with E-state index in [1.165, 1.54) is 5.56 Å². The van der Waals surface area contributed by atoms with Crippen LogP contribution in [0.4, 0.5) is 5.69 Å². The van der Waals surface area contributed by atoms with Crippen LogP contribution in [0.5, 0.6) is 0 Å². The number of benzene rings is 2. The van der Waals surface area contributed by atoms with Crippen LogP contribution in [0.25, 0.3) is 0 Å². The smallest absolute Gasteiger partial charge is 0.241 e. The number of carbonyl (C=O) groups is 1. The van der Waals surface area contributed by atoms with Crippen LogP contribution in [-0.2, 0) is 21.1 Å². The van der Waals surface area contributed by atoms with E-state index in [0.29, 0.717) is 17.3 Å². The van der Waals surface area contributed by atoms with Crippen molar-refractivity contribution in [3.8, 4) is 0 Å². The molecular formula is C21H23ClN2O3S. The minimum absolute atomic E-state index is 0.00506. The summed E-state index contributed by atoms with van der Waals surface area (Å²) in [4.78, 5) is 16.7. The summed E-state index contributed by atoms with van der Waals surface area (Å²) in [5.74, 6) is 0.0404. The maximum absolute atomic E-state index is 12.9. The monoisotopic (exact) mass is 418 g/mol. The summed E-state index contributed by atoms with van der Waals surface area (Å²) in [5.41, 5.74) is 1.93. The zero-order valence-corrected chi connectivity index (χ0v) is 17.1. The molecule has 2 heterocycles. The topological polar surface area (TPSA) is 57.7 Å². The molecule has 28 heavy (non-hydrogen) atoms. The third-order valence-electron chi connectivity index (χ3n) is 5.54. The second-order valence-corrected chi connectivity index (χ2v) is 10.1. The first-order chi connectivity index (χ1) is 13.4. The van der Waals surface area contributed by atoms with Crippen molar-refractivity contribution in [1.82, 2.24) is 4.90 Å². The molecule has 0 aromatic heterocycles. The fraction of sp³-hybridized carbons (Fsp3) is 0.381. The fourth-order valence-electron chi connectivity index (χ4n) is 4.30. The lowest BCUT2D eigenvalue weighted by Crippen LogP contribution is -2.62. The van der Waals surface area contributed by atoms with Gasteiger partial charge in [0.05, 0.1) is 24.1 Å². The summed E-state index contributed by atoms with van der Waals surface area (Å²) >= 11 is 6.10. The molecule has 2 atom stereocenters. The molecule has 148 valence electrons. The predicted molar refractivity (Wildman–Crippen MR) is 112 cm³/mol. The maximum Gasteiger partial charge on any atom is 0.241 e. The quantitative estimate of drug-likeness (QED) is 0.749. The maximum atomic E-state index is 12.9. The third-order valence-corrected chi connectivity index (χ3v) is 7.48. The first-order valence-electron chi connectivity index (χ1n) is 9.49. The predicted octanol–water partition coefficient (Wildman–Crippen LogP) is 2.79. The molecule has 5 nitrogen and oxygen atoms in total. The number of fused-ring (bicyclic) bond motifs is 1. The normalized spacial score (nSPS) is 24.3. The van der Waals surface area contributed by atoms with Gasteiger partial charge in [0, 0.05) is 16.8 Å². The largest absolute Gasteiger partial charge is 0.306 e. The van der Waals surface area contributed by atoms with E-state index in [4.69, 9.17) is 11.6 Å². The Hall–Kier alpha value is -1.89. The van der Waals surface area contributed by atoms with E-state index in [1.807, 2.05) is 24.3 Å². The number of anilines is 1. The van der Waals surface area contributed by atoms with Gasteiger partial charge in [-0.15, -0.1) is 0 Å². The lowest BCUT2D eigenvalue weighted by Gasteiger charge is -2.43. The molecule has 0 unspecified atom stereocenters. The van der Waals surface area contributed by atoms with E-state index in [1.54, 1.807) is 23.1 Å².